The number of hydrazine groups is 1. The van der Waals surface area contributed by atoms with Crippen molar-refractivity contribution in [1.29, 1.82) is 0 Å². The number of hydrogen-bond acceptors (Lipinski definition) is 6. The maximum absolute atomic E-state index is 12.4. The maximum Gasteiger partial charge on any atom is 0.338 e. The molecule has 9 nitrogen and oxygen atoms in total. The van der Waals surface area contributed by atoms with Crippen LogP contribution < -0.4 is 20.5 Å². The molecule has 3 rings (SSSR count). The Morgan fingerprint density at radius 2 is 1.81 bits per heavy atom. The number of rotatable bonds is 7. The largest absolute Gasteiger partial charge is 0.496 e. The number of nitrogens with one attached hydrogen (secondary N) is 2. The molecule has 2 aromatic rings. The van der Waals surface area contributed by atoms with Gasteiger partial charge in [-0.05, 0) is 37.3 Å². The smallest absolute Gasteiger partial charge is 0.338 e. The third kappa shape index (κ3) is 5.39. The lowest BCUT2D eigenvalue weighted by atomic mass is 10.1. The van der Waals surface area contributed by atoms with Gasteiger partial charge < -0.3 is 14.8 Å². The number of benzene rings is 2. The number of methoxy groups -OCH3 is 1. The molecule has 1 atom stereocenters. The van der Waals surface area contributed by atoms with Gasteiger partial charge in [0.2, 0.25) is 11.8 Å². The molecule has 0 radical (unpaired) electrons. The lowest BCUT2D eigenvalue weighted by Gasteiger charge is -2.27. The van der Waals surface area contributed by atoms with Gasteiger partial charge in [-0.15, -0.1) is 0 Å². The molecule has 2 N–H and O–H groups in total. The van der Waals surface area contributed by atoms with Crippen molar-refractivity contribution in [2.24, 2.45) is 0 Å². The summed E-state index contributed by atoms with van der Waals surface area (Å²) in [5, 5.41) is 3.86. The van der Waals surface area contributed by atoms with Gasteiger partial charge in [-0.2, -0.15) is 0 Å². The van der Waals surface area contributed by atoms with Crippen LogP contribution in [0.1, 0.15) is 35.7 Å². The van der Waals surface area contributed by atoms with E-state index in [9.17, 15) is 19.2 Å². The summed E-state index contributed by atoms with van der Waals surface area (Å²) in [7, 11) is 1.55. The van der Waals surface area contributed by atoms with Crippen LogP contribution in [0.3, 0.4) is 0 Å². The normalized spacial score (nSPS) is 14.5. The van der Waals surface area contributed by atoms with Crippen molar-refractivity contribution in [3.63, 3.8) is 0 Å². The highest BCUT2D eigenvalue weighted by molar-refractivity contribution is 6.01. The molecule has 1 aliphatic rings. The monoisotopic (exact) mass is 425 g/mol. The Kier molecular flexibility index (Phi) is 6.86. The molecule has 0 aromatic heterocycles. The van der Waals surface area contributed by atoms with Crippen LogP contribution in [0.5, 0.6) is 5.75 Å². The van der Waals surface area contributed by atoms with E-state index in [2.05, 4.69) is 10.7 Å². The summed E-state index contributed by atoms with van der Waals surface area (Å²) in [4.78, 5) is 48.1. The number of amides is 3. The quantitative estimate of drug-likeness (QED) is 0.653. The van der Waals surface area contributed by atoms with E-state index in [1.807, 2.05) is 18.2 Å². The summed E-state index contributed by atoms with van der Waals surface area (Å²) < 4.78 is 10.5. The van der Waals surface area contributed by atoms with E-state index in [-0.39, 0.29) is 36.8 Å². The fraction of sp³-hybridized carbons (Fsp3) is 0.273. The zero-order valence-electron chi connectivity index (χ0n) is 17.2. The Hall–Kier alpha value is -3.88. The molecule has 1 heterocycles. The highest BCUT2D eigenvalue weighted by Gasteiger charge is 2.25. The SMILES string of the molecule is COc1ccccc1CNC(=O)C(C)OC(=O)c1ccc(N2NC(=O)CCC2=O)cc1. The number of ether oxygens (including phenoxy) is 2. The molecule has 0 bridgehead atoms. The van der Waals surface area contributed by atoms with Crippen LogP contribution in [0.2, 0.25) is 0 Å². The molecule has 9 heteroatoms. The first-order chi connectivity index (χ1) is 14.9. The van der Waals surface area contributed by atoms with Gasteiger partial charge in [-0.25, -0.2) is 9.80 Å². The number of nitrogens with zero attached hydrogens (tertiary/aromatic N) is 1. The van der Waals surface area contributed by atoms with Crippen molar-refractivity contribution in [2.45, 2.75) is 32.4 Å². The van der Waals surface area contributed by atoms with Crippen LogP contribution in [0, 0.1) is 0 Å². The molecule has 31 heavy (non-hydrogen) atoms. The van der Waals surface area contributed by atoms with Crippen molar-refractivity contribution >= 4 is 29.4 Å². The fourth-order valence-electron chi connectivity index (χ4n) is 2.99. The van der Waals surface area contributed by atoms with Crippen molar-refractivity contribution < 1.29 is 28.7 Å². The minimum Gasteiger partial charge on any atom is -0.496 e. The van der Waals surface area contributed by atoms with Gasteiger partial charge in [0.05, 0.1) is 18.4 Å². The predicted octanol–water partition coefficient (Wildman–Crippen LogP) is 1.71. The molecule has 3 amide bonds. The van der Waals surface area contributed by atoms with Gasteiger partial charge in [0.1, 0.15) is 5.75 Å². The second-order valence-electron chi connectivity index (χ2n) is 6.89. The Bertz CT molecular complexity index is 989. The zero-order chi connectivity index (χ0) is 22.4. The van der Waals surface area contributed by atoms with Crippen LogP contribution in [0.25, 0.3) is 0 Å². The van der Waals surface area contributed by atoms with E-state index in [0.29, 0.717) is 11.4 Å². The molecule has 1 aliphatic heterocycles. The molecule has 162 valence electrons. The predicted molar refractivity (Wildman–Crippen MR) is 111 cm³/mol. The first kappa shape index (κ1) is 21.8. The standard InChI is InChI=1S/C22H23N3O6/c1-14(21(28)23-13-16-5-3-4-6-18(16)30-2)31-22(29)15-7-9-17(10-8-15)25-20(27)12-11-19(26)24-25/h3-10,14H,11-13H2,1-2H3,(H,23,28)(H,24,26). The lowest BCUT2D eigenvalue weighted by molar-refractivity contribution is -0.130. The zero-order valence-corrected chi connectivity index (χ0v) is 17.2. The number of carbonyl (C=O) groups is 4. The Morgan fingerprint density at radius 3 is 2.52 bits per heavy atom. The Morgan fingerprint density at radius 1 is 1.10 bits per heavy atom. The average Bonchev–Trinajstić information content (AvgIpc) is 2.79. The van der Waals surface area contributed by atoms with Crippen LogP contribution in [0.4, 0.5) is 5.69 Å². The van der Waals surface area contributed by atoms with Gasteiger partial charge in [-0.3, -0.25) is 19.8 Å². The van der Waals surface area contributed by atoms with E-state index in [0.717, 1.165) is 10.6 Å². The number of esters is 1. The number of carbonyl (C=O) groups excluding carboxylic acids is 4. The van der Waals surface area contributed by atoms with Crippen molar-refractivity contribution in [2.75, 3.05) is 12.1 Å². The van der Waals surface area contributed by atoms with Crippen LogP contribution in [-0.4, -0.2) is 36.9 Å². The average molecular weight is 425 g/mol. The second kappa shape index (κ2) is 9.75. The summed E-state index contributed by atoms with van der Waals surface area (Å²) >= 11 is 0. The van der Waals surface area contributed by atoms with Gasteiger partial charge in [0, 0.05) is 24.9 Å². The highest BCUT2D eigenvalue weighted by atomic mass is 16.5. The Labute approximate surface area is 179 Å². The molecular weight excluding hydrogens is 402 g/mol. The van der Waals surface area contributed by atoms with E-state index >= 15 is 0 Å². The lowest BCUT2D eigenvalue weighted by Crippen LogP contribution is -2.50. The first-order valence-electron chi connectivity index (χ1n) is 9.72. The van der Waals surface area contributed by atoms with Crippen molar-refractivity contribution in [1.82, 2.24) is 10.7 Å². The molecule has 0 spiro atoms. The fourth-order valence-corrected chi connectivity index (χ4v) is 2.99. The second-order valence-corrected chi connectivity index (χ2v) is 6.89. The third-order valence-corrected chi connectivity index (χ3v) is 4.71. The van der Waals surface area contributed by atoms with Crippen molar-refractivity contribution in [3.05, 3.63) is 59.7 Å². The Balaban J connectivity index is 1.56. The van der Waals surface area contributed by atoms with Crippen LogP contribution in [-0.2, 0) is 25.7 Å². The van der Waals surface area contributed by atoms with Gasteiger partial charge >= 0.3 is 5.97 Å². The molecule has 1 saturated heterocycles. The summed E-state index contributed by atoms with van der Waals surface area (Å²) in [6, 6.07) is 13.2. The molecule has 1 unspecified atom stereocenters. The van der Waals surface area contributed by atoms with Gasteiger partial charge in [-0.1, -0.05) is 18.2 Å². The summed E-state index contributed by atoms with van der Waals surface area (Å²) in [5.41, 5.74) is 3.92. The van der Waals surface area contributed by atoms with Crippen LogP contribution >= 0.6 is 0 Å². The summed E-state index contributed by atoms with van der Waals surface area (Å²) in [5.74, 6) is -0.972. The number of hydrogen-bond donors (Lipinski definition) is 2. The van der Waals surface area contributed by atoms with E-state index in [4.69, 9.17) is 9.47 Å². The highest BCUT2D eigenvalue weighted by Crippen LogP contribution is 2.19. The van der Waals surface area contributed by atoms with E-state index in [1.165, 1.54) is 31.2 Å². The van der Waals surface area contributed by atoms with Gasteiger partial charge in [0.25, 0.3) is 5.91 Å². The van der Waals surface area contributed by atoms with E-state index < -0.39 is 18.0 Å². The molecule has 1 fully saturated rings. The maximum atomic E-state index is 12.4. The summed E-state index contributed by atoms with van der Waals surface area (Å²) in [6.45, 7) is 1.71. The van der Waals surface area contributed by atoms with Crippen LogP contribution in [0.15, 0.2) is 48.5 Å². The number of para-hydroxylation sites is 1. The molecule has 0 saturated carbocycles. The molecular formula is C22H23N3O6. The number of anilines is 1. The minimum atomic E-state index is -1.01. The van der Waals surface area contributed by atoms with Gasteiger partial charge in [0.15, 0.2) is 6.10 Å². The summed E-state index contributed by atoms with van der Waals surface area (Å²) in [6.07, 6.45) is -0.738. The first-order valence-corrected chi connectivity index (χ1v) is 9.72. The molecule has 0 aliphatic carbocycles. The minimum absolute atomic E-state index is 0.122. The third-order valence-electron chi connectivity index (χ3n) is 4.71. The molecule has 2 aromatic carbocycles. The topological polar surface area (TPSA) is 114 Å². The van der Waals surface area contributed by atoms with E-state index in [1.54, 1.807) is 13.2 Å². The van der Waals surface area contributed by atoms with Crippen molar-refractivity contribution in [3.8, 4) is 5.75 Å².